The molecule has 3 aromatic carbocycles. The highest BCUT2D eigenvalue weighted by Crippen LogP contribution is 2.28. The minimum Gasteiger partial charge on any atom is -0.507 e. The average Bonchev–Trinajstić information content (AvgIpc) is 2.78. The van der Waals surface area contributed by atoms with E-state index in [1.165, 1.54) is 12.3 Å². The number of carbonyl (C=O) groups excluding carboxylic acids is 1. The van der Waals surface area contributed by atoms with Gasteiger partial charge in [0.2, 0.25) is 0 Å². The van der Waals surface area contributed by atoms with E-state index in [0.717, 1.165) is 6.42 Å². The molecule has 3 rings (SSSR count). The van der Waals surface area contributed by atoms with Crippen LogP contribution in [0.5, 0.6) is 23.0 Å². The Morgan fingerprint density at radius 3 is 2.42 bits per heavy atom. The van der Waals surface area contributed by atoms with Crippen molar-refractivity contribution in [2.45, 2.75) is 20.3 Å². The predicted octanol–water partition coefficient (Wildman–Crippen LogP) is 5.55. The van der Waals surface area contributed by atoms with Crippen LogP contribution in [0.25, 0.3) is 0 Å². The molecule has 0 radical (unpaired) electrons. The van der Waals surface area contributed by atoms with Crippen molar-refractivity contribution in [2.75, 3.05) is 13.2 Å². The van der Waals surface area contributed by atoms with Gasteiger partial charge in [0.15, 0.2) is 0 Å². The van der Waals surface area contributed by atoms with E-state index < -0.39 is 5.97 Å². The van der Waals surface area contributed by atoms with Crippen LogP contribution >= 0.6 is 0 Å². The Morgan fingerprint density at radius 2 is 1.71 bits per heavy atom. The molecule has 0 aliphatic rings. The summed E-state index contributed by atoms with van der Waals surface area (Å²) in [5, 5.41) is 10.3. The molecule has 0 fully saturated rings. The number of nitrogens with zero attached hydrogens (tertiary/aromatic N) is 1. The zero-order valence-corrected chi connectivity index (χ0v) is 17.6. The number of phenols is 1. The molecule has 6 heteroatoms. The first-order chi connectivity index (χ1) is 15.1. The number of esters is 1. The molecule has 0 unspecified atom stereocenters. The van der Waals surface area contributed by atoms with Crippen LogP contribution in [0, 0.1) is 0 Å². The van der Waals surface area contributed by atoms with Gasteiger partial charge in [-0.1, -0.05) is 19.1 Å². The Bertz CT molecular complexity index is 1040. The van der Waals surface area contributed by atoms with Crippen LogP contribution in [0.4, 0.5) is 5.69 Å². The summed E-state index contributed by atoms with van der Waals surface area (Å²) in [7, 11) is 0. The van der Waals surface area contributed by atoms with Gasteiger partial charge in [-0.3, -0.25) is 4.99 Å². The highest BCUT2D eigenvalue weighted by molar-refractivity contribution is 5.91. The molecule has 0 amide bonds. The molecule has 0 aliphatic carbocycles. The largest absolute Gasteiger partial charge is 0.507 e. The summed E-state index contributed by atoms with van der Waals surface area (Å²) in [6.45, 7) is 5.08. The van der Waals surface area contributed by atoms with Gasteiger partial charge in [-0.25, -0.2) is 4.79 Å². The molecule has 0 heterocycles. The van der Waals surface area contributed by atoms with Crippen LogP contribution in [0.2, 0.25) is 0 Å². The van der Waals surface area contributed by atoms with Crippen LogP contribution in [0.15, 0.2) is 71.7 Å². The fourth-order valence-electron chi connectivity index (χ4n) is 2.75. The van der Waals surface area contributed by atoms with Gasteiger partial charge in [-0.15, -0.1) is 0 Å². The van der Waals surface area contributed by atoms with Crippen molar-refractivity contribution in [2.24, 2.45) is 4.99 Å². The number of rotatable bonds is 9. The summed E-state index contributed by atoms with van der Waals surface area (Å²) in [6, 6.07) is 18.7. The number of para-hydroxylation sites is 2. The molecule has 3 aromatic rings. The molecule has 1 N–H and O–H groups in total. The van der Waals surface area contributed by atoms with Crippen molar-refractivity contribution in [3.8, 4) is 23.0 Å². The zero-order chi connectivity index (χ0) is 22.1. The highest BCUT2D eigenvalue weighted by Gasteiger charge is 2.11. The minimum atomic E-state index is -0.520. The molecule has 31 heavy (non-hydrogen) atoms. The quantitative estimate of drug-likeness (QED) is 0.280. The third-order valence-corrected chi connectivity index (χ3v) is 4.28. The maximum absolute atomic E-state index is 12.4. The van der Waals surface area contributed by atoms with Crippen LogP contribution < -0.4 is 14.2 Å². The first-order valence-electron chi connectivity index (χ1n) is 10.1. The van der Waals surface area contributed by atoms with Crippen LogP contribution in [0.3, 0.4) is 0 Å². The van der Waals surface area contributed by atoms with E-state index in [-0.39, 0.29) is 11.5 Å². The second-order valence-electron chi connectivity index (χ2n) is 6.64. The highest BCUT2D eigenvalue weighted by atomic mass is 16.5. The Kier molecular flexibility index (Phi) is 7.65. The molecule has 0 aromatic heterocycles. The summed E-state index contributed by atoms with van der Waals surface area (Å²) in [5.41, 5.74) is 1.54. The Hall–Kier alpha value is -3.80. The van der Waals surface area contributed by atoms with E-state index in [0.29, 0.717) is 41.5 Å². The number of hydrogen-bond acceptors (Lipinski definition) is 6. The van der Waals surface area contributed by atoms with Crippen molar-refractivity contribution < 1.29 is 24.1 Å². The van der Waals surface area contributed by atoms with Gasteiger partial charge in [0.1, 0.15) is 28.7 Å². The van der Waals surface area contributed by atoms with Crippen molar-refractivity contribution in [3.63, 3.8) is 0 Å². The lowest BCUT2D eigenvalue weighted by Gasteiger charge is -2.08. The van der Waals surface area contributed by atoms with Crippen LogP contribution in [-0.4, -0.2) is 30.5 Å². The average molecular weight is 419 g/mol. The lowest BCUT2D eigenvalue weighted by atomic mass is 10.2. The third kappa shape index (κ3) is 6.09. The number of aromatic hydroxyl groups is 1. The Balaban J connectivity index is 1.67. The maximum Gasteiger partial charge on any atom is 0.343 e. The fraction of sp³-hybridized carbons (Fsp3) is 0.200. The summed E-state index contributed by atoms with van der Waals surface area (Å²) >= 11 is 0. The molecule has 0 spiro atoms. The molecule has 0 saturated heterocycles. The summed E-state index contributed by atoms with van der Waals surface area (Å²) in [4.78, 5) is 16.8. The SMILES string of the molecule is CCCOc1ccc(C(=O)Oc2ccc(C=Nc3ccccc3OCC)c(O)c2)cc1. The predicted molar refractivity (Wildman–Crippen MR) is 120 cm³/mol. The fourth-order valence-corrected chi connectivity index (χ4v) is 2.75. The standard InChI is InChI=1S/C25H25NO5/c1-3-15-30-20-12-9-18(10-13-20)25(28)31-21-14-11-19(23(27)16-21)17-26-22-7-5-6-8-24(22)29-4-2/h5-14,16-17,27H,3-4,15H2,1-2H3. The van der Waals surface area contributed by atoms with E-state index in [1.54, 1.807) is 36.4 Å². The van der Waals surface area contributed by atoms with Gasteiger partial charge in [0.25, 0.3) is 0 Å². The molecule has 0 aliphatic heterocycles. The lowest BCUT2D eigenvalue weighted by molar-refractivity contribution is 0.0734. The van der Waals surface area contributed by atoms with Gasteiger partial charge in [-0.05, 0) is 61.9 Å². The molecule has 160 valence electrons. The van der Waals surface area contributed by atoms with E-state index in [2.05, 4.69) is 4.99 Å². The molecular formula is C25H25NO5. The molecule has 6 nitrogen and oxygen atoms in total. The van der Waals surface area contributed by atoms with Crippen molar-refractivity contribution in [3.05, 3.63) is 77.9 Å². The number of ether oxygens (including phenoxy) is 3. The minimum absolute atomic E-state index is 0.0498. The molecular weight excluding hydrogens is 394 g/mol. The topological polar surface area (TPSA) is 77.4 Å². The van der Waals surface area contributed by atoms with Gasteiger partial charge >= 0.3 is 5.97 Å². The van der Waals surface area contributed by atoms with Gasteiger partial charge in [0, 0.05) is 17.8 Å². The molecule has 0 bridgehead atoms. The van der Waals surface area contributed by atoms with Gasteiger partial charge in [-0.2, -0.15) is 0 Å². The first-order valence-corrected chi connectivity index (χ1v) is 10.1. The van der Waals surface area contributed by atoms with Crippen LogP contribution in [-0.2, 0) is 0 Å². The Labute approximate surface area is 181 Å². The molecule has 0 atom stereocenters. The van der Waals surface area contributed by atoms with E-state index in [9.17, 15) is 9.90 Å². The van der Waals surface area contributed by atoms with Crippen LogP contribution in [0.1, 0.15) is 36.2 Å². The Morgan fingerprint density at radius 1 is 0.968 bits per heavy atom. The van der Waals surface area contributed by atoms with E-state index in [4.69, 9.17) is 14.2 Å². The molecule has 0 saturated carbocycles. The number of carbonyl (C=O) groups is 1. The normalized spacial score (nSPS) is 10.8. The number of phenolic OH excluding ortho intramolecular Hbond substituents is 1. The third-order valence-electron chi connectivity index (χ3n) is 4.28. The number of aliphatic imine (C=N–C) groups is 1. The van der Waals surface area contributed by atoms with Gasteiger partial charge in [0.05, 0.1) is 18.8 Å². The second-order valence-corrected chi connectivity index (χ2v) is 6.64. The summed E-state index contributed by atoms with van der Waals surface area (Å²) in [5.74, 6) is 1.03. The summed E-state index contributed by atoms with van der Waals surface area (Å²) in [6.07, 6.45) is 2.45. The smallest absolute Gasteiger partial charge is 0.343 e. The van der Waals surface area contributed by atoms with Gasteiger partial charge < -0.3 is 19.3 Å². The lowest BCUT2D eigenvalue weighted by Crippen LogP contribution is -2.08. The van der Waals surface area contributed by atoms with Crippen molar-refractivity contribution in [1.82, 2.24) is 0 Å². The van der Waals surface area contributed by atoms with E-state index >= 15 is 0 Å². The van der Waals surface area contributed by atoms with Crippen molar-refractivity contribution >= 4 is 17.9 Å². The maximum atomic E-state index is 12.4. The monoisotopic (exact) mass is 419 g/mol. The second kappa shape index (κ2) is 10.8. The summed E-state index contributed by atoms with van der Waals surface area (Å²) < 4.78 is 16.4. The first kappa shape index (κ1) is 21.9. The van der Waals surface area contributed by atoms with Crippen molar-refractivity contribution in [1.29, 1.82) is 0 Å². The number of hydrogen-bond donors (Lipinski definition) is 1. The number of benzene rings is 3. The zero-order valence-electron chi connectivity index (χ0n) is 17.6. The van der Waals surface area contributed by atoms with E-state index in [1.807, 2.05) is 38.1 Å².